The van der Waals surface area contributed by atoms with Crippen LogP contribution >= 0.6 is 0 Å². The Labute approximate surface area is 140 Å². The summed E-state index contributed by atoms with van der Waals surface area (Å²) in [7, 11) is 0. The highest BCUT2D eigenvalue weighted by Gasteiger charge is 2.09. The zero-order chi connectivity index (χ0) is 17.4. The molecule has 122 valence electrons. The van der Waals surface area contributed by atoms with E-state index in [0.717, 1.165) is 11.1 Å². The molecule has 24 heavy (non-hydrogen) atoms. The number of hydrogen-bond acceptors (Lipinski definition) is 3. The number of amides is 1. The molecule has 0 saturated heterocycles. The molecule has 1 amide bonds. The number of carbonyl (C=O) groups excluding carboxylic acids is 1. The van der Waals surface area contributed by atoms with Crippen molar-refractivity contribution in [3.8, 4) is 6.07 Å². The fraction of sp³-hybridized carbons (Fsp3) is 0.158. The van der Waals surface area contributed by atoms with Crippen molar-refractivity contribution < 1.29 is 9.18 Å². The predicted molar refractivity (Wildman–Crippen MR) is 91.6 cm³/mol. The topological polar surface area (TPSA) is 64.9 Å². The molecule has 0 aliphatic carbocycles. The average Bonchev–Trinajstić information content (AvgIpc) is 2.56. The molecule has 0 heterocycles. The van der Waals surface area contributed by atoms with Crippen LogP contribution in [0.25, 0.3) is 0 Å². The maximum absolute atomic E-state index is 12.8. The van der Waals surface area contributed by atoms with E-state index in [1.807, 2.05) is 31.2 Å². The first-order chi connectivity index (χ1) is 11.6. The predicted octanol–water partition coefficient (Wildman–Crippen LogP) is 3.31. The molecule has 0 atom stereocenters. The number of nitrogens with one attached hydrogen (secondary N) is 2. The molecule has 2 aromatic carbocycles. The van der Waals surface area contributed by atoms with Crippen molar-refractivity contribution >= 4 is 11.6 Å². The minimum absolute atomic E-state index is 0.00406. The molecule has 4 nitrogen and oxygen atoms in total. The SMILES string of the molecule is Cc1cccc(NC(=O)/C(C#N)=C\NCCc2ccc(F)cc2)c1. The lowest BCUT2D eigenvalue weighted by Crippen LogP contribution is -2.18. The molecule has 0 bridgehead atoms. The lowest BCUT2D eigenvalue weighted by Gasteiger charge is -2.06. The molecule has 0 spiro atoms. The fourth-order valence-electron chi connectivity index (χ4n) is 2.11. The molecule has 0 saturated carbocycles. The first kappa shape index (κ1) is 17.2. The third kappa shape index (κ3) is 5.25. The summed E-state index contributed by atoms with van der Waals surface area (Å²) in [4.78, 5) is 12.1. The molecular formula is C19H18FN3O. The Hall–Kier alpha value is -3.13. The molecule has 0 aliphatic rings. The van der Waals surface area contributed by atoms with Crippen LogP contribution < -0.4 is 10.6 Å². The average molecular weight is 323 g/mol. The van der Waals surface area contributed by atoms with E-state index in [1.54, 1.807) is 18.2 Å². The van der Waals surface area contributed by atoms with Crippen LogP contribution in [0.2, 0.25) is 0 Å². The number of nitrogens with zero attached hydrogens (tertiary/aromatic N) is 1. The standard InChI is InChI=1S/C19H18FN3O/c1-14-3-2-4-18(11-14)23-19(24)16(12-21)13-22-10-9-15-5-7-17(20)8-6-15/h2-8,11,13,22H,9-10H2,1H3,(H,23,24)/b16-13-. The van der Waals surface area contributed by atoms with Crippen LogP contribution in [0, 0.1) is 24.1 Å². The molecule has 0 aliphatic heterocycles. The fourth-order valence-corrected chi connectivity index (χ4v) is 2.11. The Bertz CT molecular complexity index is 776. The number of anilines is 1. The Morgan fingerprint density at radius 2 is 2.00 bits per heavy atom. The number of rotatable bonds is 6. The third-order valence-electron chi connectivity index (χ3n) is 3.36. The van der Waals surface area contributed by atoms with Crippen LogP contribution in [-0.2, 0) is 11.2 Å². The van der Waals surface area contributed by atoms with E-state index in [9.17, 15) is 9.18 Å². The quantitative estimate of drug-likeness (QED) is 0.487. The van der Waals surface area contributed by atoms with Gasteiger partial charge in [0.25, 0.3) is 5.91 Å². The molecule has 0 unspecified atom stereocenters. The van der Waals surface area contributed by atoms with Crippen LogP contribution in [-0.4, -0.2) is 12.5 Å². The molecule has 2 aromatic rings. The second-order valence-corrected chi connectivity index (χ2v) is 5.32. The zero-order valence-electron chi connectivity index (χ0n) is 13.3. The van der Waals surface area contributed by atoms with Gasteiger partial charge in [-0.3, -0.25) is 4.79 Å². The summed E-state index contributed by atoms with van der Waals surface area (Å²) in [5, 5.41) is 14.7. The molecule has 0 aromatic heterocycles. The minimum atomic E-state index is -0.461. The summed E-state index contributed by atoms with van der Waals surface area (Å²) in [6.45, 7) is 2.46. The van der Waals surface area contributed by atoms with E-state index in [4.69, 9.17) is 5.26 Å². The molecule has 0 radical (unpaired) electrons. The summed E-state index contributed by atoms with van der Waals surface area (Å²) < 4.78 is 12.8. The van der Waals surface area contributed by atoms with Crippen LogP contribution in [0.5, 0.6) is 0 Å². The van der Waals surface area contributed by atoms with Crippen molar-refractivity contribution in [2.24, 2.45) is 0 Å². The van der Waals surface area contributed by atoms with E-state index in [1.165, 1.54) is 18.3 Å². The van der Waals surface area contributed by atoms with Crippen LogP contribution in [0.15, 0.2) is 60.3 Å². The Kier molecular flexibility index (Phi) is 6.09. The summed E-state index contributed by atoms with van der Waals surface area (Å²) in [5.74, 6) is -0.733. The molecule has 0 fully saturated rings. The van der Waals surface area contributed by atoms with Crippen molar-refractivity contribution in [1.82, 2.24) is 5.32 Å². The van der Waals surface area contributed by atoms with Crippen molar-refractivity contribution in [2.75, 3.05) is 11.9 Å². The van der Waals surface area contributed by atoms with Crippen molar-refractivity contribution in [3.05, 3.63) is 77.2 Å². The molecular weight excluding hydrogens is 305 g/mol. The van der Waals surface area contributed by atoms with Gasteiger partial charge in [0, 0.05) is 18.4 Å². The van der Waals surface area contributed by atoms with Gasteiger partial charge < -0.3 is 10.6 Å². The third-order valence-corrected chi connectivity index (χ3v) is 3.36. The Balaban J connectivity index is 1.87. The van der Waals surface area contributed by atoms with Gasteiger partial charge in [0.15, 0.2) is 0 Å². The second kappa shape index (κ2) is 8.49. The number of benzene rings is 2. The van der Waals surface area contributed by atoms with Crippen molar-refractivity contribution in [2.45, 2.75) is 13.3 Å². The van der Waals surface area contributed by atoms with Crippen LogP contribution in [0.1, 0.15) is 11.1 Å². The largest absolute Gasteiger partial charge is 0.389 e. The smallest absolute Gasteiger partial charge is 0.267 e. The lowest BCUT2D eigenvalue weighted by atomic mass is 10.1. The van der Waals surface area contributed by atoms with Gasteiger partial charge in [0.05, 0.1) is 0 Å². The number of nitriles is 1. The van der Waals surface area contributed by atoms with E-state index >= 15 is 0 Å². The molecule has 5 heteroatoms. The highest BCUT2D eigenvalue weighted by atomic mass is 19.1. The Morgan fingerprint density at radius 3 is 2.67 bits per heavy atom. The van der Waals surface area contributed by atoms with Gasteiger partial charge in [-0.2, -0.15) is 5.26 Å². The number of hydrogen-bond donors (Lipinski definition) is 2. The van der Waals surface area contributed by atoms with Gasteiger partial charge in [-0.15, -0.1) is 0 Å². The van der Waals surface area contributed by atoms with Gasteiger partial charge in [0.1, 0.15) is 17.5 Å². The number of aryl methyl sites for hydroxylation is 1. The van der Waals surface area contributed by atoms with Crippen LogP contribution in [0.4, 0.5) is 10.1 Å². The summed E-state index contributed by atoms with van der Waals surface area (Å²) >= 11 is 0. The molecule has 2 N–H and O–H groups in total. The van der Waals surface area contributed by atoms with Gasteiger partial charge in [-0.25, -0.2) is 4.39 Å². The molecule has 2 rings (SSSR count). The van der Waals surface area contributed by atoms with Crippen LogP contribution in [0.3, 0.4) is 0 Å². The van der Waals surface area contributed by atoms with E-state index in [-0.39, 0.29) is 11.4 Å². The minimum Gasteiger partial charge on any atom is -0.389 e. The number of halogens is 1. The summed E-state index contributed by atoms with van der Waals surface area (Å²) in [5.41, 5.74) is 2.64. The highest BCUT2D eigenvalue weighted by molar-refractivity contribution is 6.06. The normalized spacial score (nSPS) is 10.8. The Morgan fingerprint density at radius 1 is 1.25 bits per heavy atom. The van der Waals surface area contributed by atoms with E-state index < -0.39 is 5.91 Å². The lowest BCUT2D eigenvalue weighted by molar-refractivity contribution is -0.112. The van der Waals surface area contributed by atoms with Gasteiger partial charge >= 0.3 is 0 Å². The highest BCUT2D eigenvalue weighted by Crippen LogP contribution is 2.10. The van der Waals surface area contributed by atoms with Gasteiger partial charge in [-0.05, 0) is 48.7 Å². The van der Waals surface area contributed by atoms with Gasteiger partial charge in [0.2, 0.25) is 0 Å². The van der Waals surface area contributed by atoms with E-state index in [2.05, 4.69) is 10.6 Å². The van der Waals surface area contributed by atoms with Gasteiger partial charge in [-0.1, -0.05) is 24.3 Å². The number of carbonyl (C=O) groups is 1. The maximum Gasteiger partial charge on any atom is 0.267 e. The van der Waals surface area contributed by atoms with Crippen molar-refractivity contribution in [3.63, 3.8) is 0 Å². The summed E-state index contributed by atoms with van der Waals surface area (Å²) in [6, 6.07) is 15.5. The second-order valence-electron chi connectivity index (χ2n) is 5.32. The first-order valence-corrected chi connectivity index (χ1v) is 7.54. The zero-order valence-corrected chi connectivity index (χ0v) is 13.3. The summed E-state index contributed by atoms with van der Waals surface area (Å²) in [6.07, 6.45) is 2.06. The maximum atomic E-state index is 12.8. The van der Waals surface area contributed by atoms with Crippen molar-refractivity contribution in [1.29, 1.82) is 5.26 Å². The monoisotopic (exact) mass is 323 g/mol. The first-order valence-electron chi connectivity index (χ1n) is 7.54. The van der Waals surface area contributed by atoms with E-state index in [0.29, 0.717) is 18.7 Å².